The van der Waals surface area contributed by atoms with Gasteiger partial charge in [-0.05, 0) is 30.6 Å². The molecule has 0 radical (unpaired) electrons. The van der Waals surface area contributed by atoms with Gasteiger partial charge in [-0.1, -0.05) is 20.8 Å². The SMILES string of the molecule is CC(C)(C)C1CCCN(C(=O)CNC(=O)CN)CC1.Cl. The van der Waals surface area contributed by atoms with E-state index in [-0.39, 0.29) is 37.3 Å². The van der Waals surface area contributed by atoms with E-state index in [1.165, 1.54) is 6.42 Å². The molecular weight excluding hydrogens is 278 g/mol. The van der Waals surface area contributed by atoms with Crippen LogP contribution in [0, 0.1) is 11.3 Å². The summed E-state index contributed by atoms with van der Waals surface area (Å²) in [5, 5.41) is 2.54. The highest BCUT2D eigenvalue weighted by molar-refractivity contribution is 5.85. The number of carbonyl (C=O) groups is 2. The lowest BCUT2D eigenvalue weighted by atomic mass is 9.77. The fourth-order valence-corrected chi connectivity index (χ4v) is 2.57. The van der Waals surface area contributed by atoms with Crippen LogP contribution in [-0.2, 0) is 9.59 Å². The zero-order valence-electron chi connectivity index (χ0n) is 12.8. The second-order valence-corrected chi connectivity index (χ2v) is 6.36. The third-order valence-electron chi connectivity index (χ3n) is 3.93. The monoisotopic (exact) mass is 305 g/mol. The second-order valence-electron chi connectivity index (χ2n) is 6.36. The van der Waals surface area contributed by atoms with Gasteiger partial charge in [0.1, 0.15) is 0 Å². The number of nitrogens with two attached hydrogens (primary N) is 1. The van der Waals surface area contributed by atoms with Gasteiger partial charge in [0.2, 0.25) is 11.8 Å². The van der Waals surface area contributed by atoms with Crippen LogP contribution < -0.4 is 11.1 Å². The summed E-state index contributed by atoms with van der Waals surface area (Å²) in [6.45, 7) is 8.36. The zero-order valence-corrected chi connectivity index (χ0v) is 13.6. The van der Waals surface area contributed by atoms with Crippen molar-refractivity contribution in [2.75, 3.05) is 26.2 Å². The Labute approximate surface area is 128 Å². The van der Waals surface area contributed by atoms with Gasteiger partial charge >= 0.3 is 0 Å². The standard InChI is InChI=1S/C14H27N3O2.ClH/c1-14(2,3)11-5-4-7-17(8-6-11)13(19)10-16-12(18)9-15;/h11H,4-10,15H2,1-3H3,(H,16,18);1H. The van der Waals surface area contributed by atoms with Gasteiger partial charge in [-0.3, -0.25) is 9.59 Å². The Balaban J connectivity index is 0.00000361. The number of carbonyl (C=O) groups excluding carboxylic acids is 2. The predicted molar refractivity (Wildman–Crippen MR) is 82.7 cm³/mol. The first-order chi connectivity index (χ1) is 8.84. The van der Waals surface area contributed by atoms with E-state index in [1.807, 2.05) is 4.90 Å². The summed E-state index contributed by atoms with van der Waals surface area (Å²) in [5.74, 6) is 0.371. The van der Waals surface area contributed by atoms with Gasteiger partial charge in [-0.15, -0.1) is 12.4 Å². The van der Waals surface area contributed by atoms with Gasteiger partial charge in [0.25, 0.3) is 0 Å². The van der Waals surface area contributed by atoms with Crippen LogP contribution >= 0.6 is 12.4 Å². The highest BCUT2D eigenvalue weighted by Crippen LogP contribution is 2.34. The molecule has 3 N–H and O–H groups in total. The maximum atomic E-state index is 12.0. The van der Waals surface area contributed by atoms with Crippen LogP contribution in [0.2, 0.25) is 0 Å². The molecule has 1 rings (SSSR count). The van der Waals surface area contributed by atoms with Crippen LogP contribution in [0.4, 0.5) is 0 Å². The van der Waals surface area contributed by atoms with Gasteiger partial charge in [0, 0.05) is 13.1 Å². The van der Waals surface area contributed by atoms with Crippen molar-refractivity contribution < 1.29 is 9.59 Å². The van der Waals surface area contributed by atoms with Crippen LogP contribution in [0.1, 0.15) is 40.0 Å². The number of hydrogen-bond acceptors (Lipinski definition) is 3. The molecule has 20 heavy (non-hydrogen) atoms. The summed E-state index contributed by atoms with van der Waals surface area (Å²) >= 11 is 0. The van der Waals surface area contributed by atoms with Crippen molar-refractivity contribution in [3.05, 3.63) is 0 Å². The van der Waals surface area contributed by atoms with E-state index in [0.29, 0.717) is 11.3 Å². The summed E-state index contributed by atoms with van der Waals surface area (Å²) < 4.78 is 0. The molecule has 1 aliphatic heterocycles. The minimum atomic E-state index is -0.282. The van der Waals surface area contributed by atoms with Crippen LogP contribution in [0.25, 0.3) is 0 Å². The molecule has 1 saturated heterocycles. The van der Waals surface area contributed by atoms with Gasteiger partial charge in [-0.25, -0.2) is 0 Å². The fourth-order valence-electron chi connectivity index (χ4n) is 2.57. The van der Waals surface area contributed by atoms with Crippen molar-refractivity contribution in [1.82, 2.24) is 10.2 Å². The highest BCUT2D eigenvalue weighted by atomic mass is 35.5. The predicted octanol–water partition coefficient (Wildman–Crippen LogP) is 1.16. The van der Waals surface area contributed by atoms with Crippen molar-refractivity contribution in [2.24, 2.45) is 17.1 Å². The molecule has 2 amide bonds. The van der Waals surface area contributed by atoms with E-state index in [0.717, 1.165) is 25.9 Å². The number of halogens is 1. The molecule has 0 aromatic heterocycles. The van der Waals surface area contributed by atoms with Gasteiger partial charge in [-0.2, -0.15) is 0 Å². The third-order valence-corrected chi connectivity index (χ3v) is 3.93. The average Bonchev–Trinajstić information content (AvgIpc) is 2.60. The molecule has 0 saturated carbocycles. The van der Waals surface area contributed by atoms with Crippen LogP contribution in [0.3, 0.4) is 0 Å². The molecule has 0 aromatic carbocycles. The van der Waals surface area contributed by atoms with Crippen molar-refractivity contribution in [2.45, 2.75) is 40.0 Å². The number of nitrogens with one attached hydrogen (secondary N) is 1. The molecule has 0 aromatic rings. The van der Waals surface area contributed by atoms with E-state index in [4.69, 9.17) is 5.73 Å². The topological polar surface area (TPSA) is 75.4 Å². The van der Waals surface area contributed by atoms with Crippen LogP contribution in [0.5, 0.6) is 0 Å². The molecule has 0 aliphatic carbocycles. The molecule has 1 aliphatic rings. The Bertz CT molecular complexity index is 329. The Kier molecular flexibility index (Phi) is 8.13. The Morgan fingerprint density at radius 2 is 1.90 bits per heavy atom. The van der Waals surface area contributed by atoms with E-state index in [2.05, 4.69) is 26.1 Å². The van der Waals surface area contributed by atoms with Crippen molar-refractivity contribution in [1.29, 1.82) is 0 Å². The molecule has 1 heterocycles. The maximum absolute atomic E-state index is 12.0. The minimum absolute atomic E-state index is 0. The summed E-state index contributed by atoms with van der Waals surface area (Å²) in [7, 11) is 0. The van der Waals surface area contributed by atoms with E-state index >= 15 is 0 Å². The zero-order chi connectivity index (χ0) is 14.5. The Hall–Kier alpha value is -0.810. The third kappa shape index (κ3) is 6.09. The molecule has 0 bridgehead atoms. The molecule has 0 spiro atoms. The normalized spacial score (nSPS) is 19.8. The summed E-state index contributed by atoms with van der Waals surface area (Å²) in [5.41, 5.74) is 5.49. The lowest BCUT2D eigenvalue weighted by Crippen LogP contribution is -2.42. The van der Waals surface area contributed by atoms with Crippen LogP contribution in [-0.4, -0.2) is 42.9 Å². The van der Waals surface area contributed by atoms with Gasteiger partial charge < -0.3 is 16.0 Å². The number of rotatable bonds is 3. The number of amides is 2. The largest absolute Gasteiger partial charge is 0.346 e. The minimum Gasteiger partial charge on any atom is -0.346 e. The highest BCUT2D eigenvalue weighted by Gasteiger charge is 2.28. The van der Waals surface area contributed by atoms with E-state index < -0.39 is 0 Å². The first-order valence-corrected chi connectivity index (χ1v) is 7.09. The first kappa shape index (κ1) is 19.2. The Morgan fingerprint density at radius 1 is 1.25 bits per heavy atom. The smallest absolute Gasteiger partial charge is 0.241 e. The molecule has 5 nitrogen and oxygen atoms in total. The number of hydrogen-bond donors (Lipinski definition) is 2. The average molecular weight is 306 g/mol. The first-order valence-electron chi connectivity index (χ1n) is 7.09. The maximum Gasteiger partial charge on any atom is 0.241 e. The molecule has 118 valence electrons. The Morgan fingerprint density at radius 3 is 2.45 bits per heavy atom. The second kappa shape index (κ2) is 8.47. The molecule has 1 fully saturated rings. The van der Waals surface area contributed by atoms with E-state index in [1.54, 1.807) is 0 Å². The quantitative estimate of drug-likeness (QED) is 0.821. The van der Waals surface area contributed by atoms with Crippen molar-refractivity contribution >= 4 is 24.2 Å². The van der Waals surface area contributed by atoms with Crippen LogP contribution in [0.15, 0.2) is 0 Å². The summed E-state index contributed by atoms with van der Waals surface area (Å²) in [4.78, 5) is 24.9. The molecule has 1 atom stereocenters. The van der Waals surface area contributed by atoms with E-state index in [9.17, 15) is 9.59 Å². The number of likely N-dealkylation sites (tertiary alicyclic amines) is 1. The lowest BCUT2D eigenvalue weighted by Gasteiger charge is -2.29. The lowest BCUT2D eigenvalue weighted by molar-refractivity contribution is -0.132. The molecular formula is C14H28ClN3O2. The van der Waals surface area contributed by atoms with Crippen molar-refractivity contribution in [3.63, 3.8) is 0 Å². The van der Waals surface area contributed by atoms with Gasteiger partial charge in [0.15, 0.2) is 0 Å². The van der Waals surface area contributed by atoms with Crippen molar-refractivity contribution in [3.8, 4) is 0 Å². The number of nitrogens with zero attached hydrogens (tertiary/aromatic N) is 1. The molecule has 6 heteroatoms. The summed E-state index contributed by atoms with van der Waals surface area (Å²) in [6, 6.07) is 0. The fraction of sp³-hybridized carbons (Fsp3) is 0.857. The van der Waals surface area contributed by atoms with Gasteiger partial charge in [0.05, 0.1) is 13.1 Å². The molecule has 1 unspecified atom stereocenters. The summed E-state index contributed by atoms with van der Waals surface area (Å²) in [6.07, 6.45) is 3.25.